The third-order valence-electron chi connectivity index (χ3n) is 7.21. The highest BCUT2D eigenvalue weighted by molar-refractivity contribution is 5.96. The third-order valence-corrected chi connectivity index (χ3v) is 7.21. The number of amides is 1. The maximum Gasteiger partial charge on any atom is 0.224 e. The van der Waals surface area contributed by atoms with E-state index in [4.69, 9.17) is 14.2 Å². The van der Waals surface area contributed by atoms with Crippen molar-refractivity contribution in [1.29, 1.82) is 5.26 Å². The number of rotatable bonds is 9. The quantitative estimate of drug-likeness (QED) is 0.407. The number of nitriles is 1. The Morgan fingerprint density at radius 1 is 1.19 bits per heavy atom. The molecule has 2 fully saturated rings. The van der Waals surface area contributed by atoms with Crippen LogP contribution >= 0.6 is 0 Å². The zero-order valence-electron chi connectivity index (χ0n) is 21.1. The van der Waals surface area contributed by atoms with Crippen molar-refractivity contribution in [2.24, 2.45) is 11.8 Å². The molecule has 2 heterocycles. The van der Waals surface area contributed by atoms with Crippen LogP contribution in [0.5, 0.6) is 5.75 Å². The summed E-state index contributed by atoms with van der Waals surface area (Å²) in [5.41, 5.74) is 4.32. The van der Waals surface area contributed by atoms with E-state index in [-0.39, 0.29) is 12.0 Å². The molecule has 1 saturated carbocycles. The number of carbonyl (C=O) groups is 1. The molecule has 1 unspecified atom stereocenters. The number of hydrogen-bond acceptors (Lipinski definition) is 5. The molecule has 36 heavy (non-hydrogen) atoms. The second-order valence-corrected chi connectivity index (χ2v) is 10.3. The van der Waals surface area contributed by atoms with Crippen LogP contribution in [0.2, 0.25) is 0 Å². The van der Waals surface area contributed by atoms with E-state index >= 15 is 0 Å². The molecule has 2 aromatic carbocycles. The van der Waals surface area contributed by atoms with Crippen molar-refractivity contribution >= 4 is 22.5 Å². The Labute approximate surface area is 211 Å². The predicted octanol–water partition coefficient (Wildman–Crippen LogP) is 5.89. The Morgan fingerprint density at radius 3 is 2.61 bits per heavy atom. The molecule has 3 aromatic rings. The van der Waals surface area contributed by atoms with Gasteiger partial charge in [-0.15, -0.1) is 0 Å². The molecule has 1 aliphatic heterocycles. The molecule has 1 saturated heterocycles. The first-order valence-corrected chi connectivity index (χ1v) is 12.7. The molecular weight excluding hydrogens is 454 g/mol. The third kappa shape index (κ3) is 5.11. The second kappa shape index (κ2) is 10.3. The summed E-state index contributed by atoms with van der Waals surface area (Å²) in [7, 11) is 0. The maximum absolute atomic E-state index is 12.4. The van der Waals surface area contributed by atoms with Gasteiger partial charge in [0, 0.05) is 29.6 Å². The molecule has 0 bridgehead atoms. The molecule has 0 spiro atoms. The topological polar surface area (TPSA) is 85.5 Å². The van der Waals surface area contributed by atoms with Crippen LogP contribution in [0.25, 0.3) is 22.2 Å². The fourth-order valence-electron chi connectivity index (χ4n) is 4.60. The lowest BCUT2D eigenvalue weighted by atomic mass is 9.94. The molecule has 2 atom stereocenters. The van der Waals surface area contributed by atoms with E-state index in [0.717, 1.165) is 46.4 Å². The number of nitrogens with one attached hydrogen (secondary N) is 1. The zero-order valence-corrected chi connectivity index (χ0v) is 21.1. The maximum atomic E-state index is 12.4. The summed E-state index contributed by atoms with van der Waals surface area (Å²) in [6.45, 7) is 7.64. The standard InChI is InChI=1S/C29H33N3O4/c1-18(2)19(3)12-28(33)31-21-6-4-20(5-7-21)29-26(14-30)25-11-10-23(35-16-24-15-34-17-36-24)13-27(25)32(29)22-8-9-22/h4-7,10-11,13,18-19,22,24H,8-9,12,15-17H2,1-3H3,(H,31,33)/t19-,24?/m1/s1. The molecule has 1 N–H and O–H groups in total. The first-order chi connectivity index (χ1) is 17.4. The van der Waals surface area contributed by atoms with E-state index in [1.807, 2.05) is 42.5 Å². The van der Waals surface area contributed by atoms with E-state index in [1.54, 1.807) is 0 Å². The van der Waals surface area contributed by atoms with Crippen LogP contribution in [0.1, 0.15) is 51.6 Å². The summed E-state index contributed by atoms with van der Waals surface area (Å²) in [6.07, 6.45) is 2.61. The number of benzene rings is 2. The average Bonchev–Trinajstić information content (AvgIpc) is 3.46. The van der Waals surface area contributed by atoms with Gasteiger partial charge in [0.05, 0.1) is 23.4 Å². The normalized spacial score (nSPS) is 18.4. The number of nitrogens with zero attached hydrogens (tertiary/aromatic N) is 2. The summed E-state index contributed by atoms with van der Waals surface area (Å²) < 4.78 is 19.0. The molecule has 0 radical (unpaired) electrons. The summed E-state index contributed by atoms with van der Waals surface area (Å²) in [6, 6.07) is 16.5. The molecule has 7 heteroatoms. The Balaban J connectivity index is 1.42. The number of fused-ring (bicyclic) bond motifs is 1. The van der Waals surface area contributed by atoms with Crippen LogP contribution in [0.4, 0.5) is 5.69 Å². The van der Waals surface area contributed by atoms with Crippen LogP contribution < -0.4 is 10.1 Å². The van der Waals surface area contributed by atoms with E-state index in [2.05, 4.69) is 36.7 Å². The van der Waals surface area contributed by atoms with Gasteiger partial charge in [-0.1, -0.05) is 32.9 Å². The Hall–Kier alpha value is -3.34. The van der Waals surface area contributed by atoms with Crippen molar-refractivity contribution < 1.29 is 19.0 Å². The molecule has 2 aliphatic rings. The van der Waals surface area contributed by atoms with Gasteiger partial charge in [0.25, 0.3) is 0 Å². The van der Waals surface area contributed by atoms with Crippen LogP contribution in [0, 0.1) is 23.2 Å². The number of aromatic nitrogens is 1. The molecule has 5 rings (SSSR count). The van der Waals surface area contributed by atoms with Crippen LogP contribution in [-0.2, 0) is 14.3 Å². The summed E-state index contributed by atoms with van der Waals surface area (Å²) in [5, 5.41) is 14.1. The average molecular weight is 488 g/mol. The van der Waals surface area contributed by atoms with Gasteiger partial charge in [-0.25, -0.2) is 0 Å². The van der Waals surface area contributed by atoms with Crippen LogP contribution in [-0.4, -0.2) is 36.6 Å². The lowest BCUT2D eigenvalue weighted by molar-refractivity contribution is -0.117. The number of ether oxygens (including phenoxy) is 3. The number of anilines is 1. The Bertz CT molecular complexity index is 1280. The minimum Gasteiger partial charge on any atom is -0.491 e. The fourth-order valence-corrected chi connectivity index (χ4v) is 4.60. The van der Waals surface area contributed by atoms with Crippen LogP contribution in [0.15, 0.2) is 42.5 Å². The number of hydrogen-bond donors (Lipinski definition) is 1. The number of carbonyl (C=O) groups excluding carboxylic acids is 1. The van der Waals surface area contributed by atoms with Gasteiger partial charge in [-0.2, -0.15) is 5.26 Å². The van der Waals surface area contributed by atoms with Gasteiger partial charge in [-0.3, -0.25) is 4.79 Å². The zero-order chi connectivity index (χ0) is 25.2. The van der Waals surface area contributed by atoms with Crippen molar-refractivity contribution in [3.8, 4) is 23.1 Å². The van der Waals surface area contributed by atoms with E-state index < -0.39 is 0 Å². The predicted molar refractivity (Wildman–Crippen MR) is 139 cm³/mol. The molecule has 1 aliphatic carbocycles. The SMILES string of the molecule is CC(C)[C@H](C)CC(=O)Nc1ccc(-c2c(C#N)c3ccc(OCC4COCO4)cc3n2C2CC2)cc1. The molecule has 1 amide bonds. The Morgan fingerprint density at radius 2 is 1.97 bits per heavy atom. The monoisotopic (exact) mass is 487 g/mol. The van der Waals surface area contributed by atoms with E-state index in [1.165, 1.54) is 0 Å². The smallest absolute Gasteiger partial charge is 0.224 e. The molecule has 7 nitrogen and oxygen atoms in total. The van der Waals surface area contributed by atoms with Gasteiger partial charge >= 0.3 is 0 Å². The minimum absolute atomic E-state index is 0.0239. The fraction of sp³-hybridized carbons (Fsp3) is 0.448. The van der Waals surface area contributed by atoms with Crippen LogP contribution in [0.3, 0.4) is 0 Å². The molecular formula is C29H33N3O4. The lowest BCUT2D eigenvalue weighted by Crippen LogP contribution is -2.19. The molecule has 188 valence electrons. The summed E-state index contributed by atoms with van der Waals surface area (Å²) >= 11 is 0. The van der Waals surface area contributed by atoms with E-state index in [0.29, 0.717) is 49.9 Å². The molecule has 1 aromatic heterocycles. The highest BCUT2D eigenvalue weighted by Gasteiger charge is 2.31. The minimum atomic E-state index is -0.0614. The first-order valence-electron chi connectivity index (χ1n) is 12.7. The van der Waals surface area contributed by atoms with Crippen molar-refractivity contribution in [2.75, 3.05) is 25.3 Å². The van der Waals surface area contributed by atoms with Crippen molar-refractivity contribution in [1.82, 2.24) is 4.57 Å². The highest BCUT2D eigenvalue weighted by atomic mass is 16.7. The van der Waals surface area contributed by atoms with Crippen molar-refractivity contribution in [2.45, 2.75) is 52.2 Å². The Kier molecular flexibility index (Phi) is 6.99. The lowest BCUT2D eigenvalue weighted by Gasteiger charge is -2.15. The van der Waals surface area contributed by atoms with Gasteiger partial charge in [0.15, 0.2) is 0 Å². The van der Waals surface area contributed by atoms with Gasteiger partial charge in [0.2, 0.25) is 5.91 Å². The van der Waals surface area contributed by atoms with E-state index in [9.17, 15) is 10.1 Å². The second-order valence-electron chi connectivity index (χ2n) is 10.3. The van der Waals surface area contributed by atoms with Gasteiger partial charge in [-0.05, 0) is 54.5 Å². The summed E-state index contributed by atoms with van der Waals surface area (Å²) in [5.74, 6) is 1.56. The largest absolute Gasteiger partial charge is 0.491 e. The van der Waals surface area contributed by atoms with Crippen molar-refractivity contribution in [3.05, 3.63) is 48.0 Å². The van der Waals surface area contributed by atoms with Gasteiger partial charge < -0.3 is 24.1 Å². The first kappa shape index (κ1) is 24.4. The summed E-state index contributed by atoms with van der Waals surface area (Å²) in [4.78, 5) is 12.4. The van der Waals surface area contributed by atoms with Gasteiger partial charge in [0.1, 0.15) is 31.3 Å². The van der Waals surface area contributed by atoms with Crippen molar-refractivity contribution in [3.63, 3.8) is 0 Å². The highest BCUT2D eigenvalue weighted by Crippen LogP contribution is 2.45.